The normalized spacial score (nSPS) is 13.3. The maximum absolute atomic E-state index is 12.8. The second-order valence-corrected chi connectivity index (χ2v) is 7.27. The van der Waals surface area contributed by atoms with Crippen LogP contribution in [-0.4, -0.2) is 30.3 Å². The summed E-state index contributed by atoms with van der Waals surface area (Å²) in [4.78, 5) is 35.5. The molecule has 0 bridgehead atoms. The Labute approximate surface area is 175 Å². The summed E-state index contributed by atoms with van der Waals surface area (Å²) in [6.45, 7) is 5.46. The van der Waals surface area contributed by atoms with E-state index in [-0.39, 0.29) is 24.3 Å². The number of benzene rings is 1. The SMILES string of the molecule is CCC(C)C(=O)NCCCCC(NC(C)=O)C(=O)NCc1cccc(C(F)(F)F)c1. The Kier molecular flexibility index (Phi) is 10.3. The molecule has 0 fully saturated rings. The molecule has 168 valence electrons. The Morgan fingerprint density at radius 2 is 1.77 bits per heavy atom. The minimum Gasteiger partial charge on any atom is -0.356 e. The smallest absolute Gasteiger partial charge is 0.356 e. The van der Waals surface area contributed by atoms with Gasteiger partial charge in [0.25, 0.3) is 0 Å². The van der Waals surface area contributed by atoms with E-state index in [2.05, 4.69) is 16.0 Å². The largest absolute Gasteiger partial charge is 0.416 e. The van der Waals surface area contributed by atoms with E-state index in [0.29, 0.717) is 31.4 Å². The Hall–Kier alpha value is -2.58. The number of unbranched alkanes of at least 4 members (excludes halogenated alkanes) is 1. The van der Waals surface area contributed by atoms with Crippen LogP contribution < -0.4 is 16.0 Å². The number of amides is 3. The van der Waals surface area contributed by atoms with E-state index in [9.17, 15) is 27.6 Å². The lowest BCUT2D eigenvalue weighted by atomic mass is 10.1. The van der Waals surface area contributed by atoms with Crippen LogP contribution in [0.5, 0.6) is 0 Å². The van der Waals surface area contributed by atoms with Crippen molar-refractivity contribution in [1.29, 1.82) is 0 Å². The van der Waals surface area contributed by atoms with E-state index in [1.54, 1.807) is 0 Å². The van der Waals surface area contributed by atoms with Crippen LogP contribution in [0.1, 0.15) is 57.6 Å². The highest BCUT2D eigenvalue weighted by Gasteiger charge is 2.30. The second kappa shape index (κ2) is 12.2. The summed E-state index contributed by atoms with van der Waals surface area (Å²) >= 11 is 0. The molecule has 0 aliphatic rings. The third-order valence-corrected chi connectivity index (χ3v) is 4.69. The van der Waals surface area contributed by atoms with E-state index < -0.39 is 23.7 Å². The second-order valence-electron chi connectivity index (χ2n) is 7.27. The average Bonchev–Trinajstić information content (AvgIpc) is 2.69. The van der Waals surface area contributed by atoms with Crippen LogP contribution in [0.25, 0.3) is 0 Å². The van der Waals surface area contributed by atoms with Gasteiger partial charge in [0, 0.05) is 25.9 Å². The summed E-state index contributed by atoms with van der Waals surface area (Å²) in [5, 5.41) is 7.96. The van der Waals surface area contributed by atoms with Gasteiger partial charge in [-0.05, 0) is 43.4 Å². The molecule has 3 N–H and O–H groups in total. The Morgan fingerprint density at radius 1 is 1.07 bits per heavy atom. The number of nitrogens with one attached hydrogen (secondary N) is 3. The molecule has 0 aliphatic carbocycles. The molecule has 1 aromatic carbocycles. The van der Waals surface area contributed by atoms with Gasteiger partial charge in [0.1, 0.15) is 6.04 Å². The van der Waals surface area contributed by atoms with Crippen molar-refractivity contribution in [2.24, 2.45) is 5.92 Å². The molecule has 0 spiro atoms. The van der Waals surface area contributed by atoms with Crippen molar-refractivity contribution in [3.8, 4) is 0 Å². The highest BCUT2D eigenvalue weighted by Crippen LogP contribution is 2.29. The molecule has 9 heteroatoms. The molecule has 0 radical (unpaired) electrons. The van der Waals surface area contributed by atoms with E-state index in [1.807, 2.05) is 13.8 Å². The number of halogens is 3. The summed E-state index contributed by atoms with van der Waals surface area (Å²) in [5.74, 6) is -0.918. The van der Waals surface area contributed by atoms with Gasteiger partial charge in [0.05, 0.1) is 5.56 Å². The molecule has 1 rings (SSSR count). The summed E-state index contributed by atoms with van der Waals surface area (Å²) in [7, 11) is 0. The van der Waals surface area contributed by atoms with Gasteiger partial charge in [-0.15, -0.1) is 0 Å². The van der Waals surface area contributed by atoms with Crippen molar-refractivity contribution in [2.75, 3.05) is 6.54 Å². The standard InChI is InChI=1S/C21H30F3N3O3/c1-4-14(2)19(29)25-11-6-5-10-18(27-15(3)28)20(30)26-13-16-8-7-9-17(12-16)21(22,23)24/h7-9,12,14,18H,4-6,10-11,13H2,1-3H3,(H,25,29)(H,26,30)(H,27,28). The monoisotopic (exact) mass is 429 g/mol. The van der Waals surface area contributed by atoms with Gasteiger partial charge in [0.15, 0.2) is 0 Å². The van der Waals surface area contributed by atoms with Crippen molar-refractivity contribution in [3.63, 3.8) is 0 Å². The lowest BCUT2D eigenvalue weighted by molar-refractivity contribution is -0.137. The average molecular weight is 429 g/mol. The van der Waals surface area contributed by atoms with Crippen molar-refractivity contribution in [3.05, 3.63) is 35.4 Å². The Morgan fingerprint density at radius 3 is 2.37 bits per heavy atom. The van der Waals surface area contributed by atoms with Crippen molar-refractivity contribution >= 4 is 17.7 Å². The van der Waals surface area contributed by atoms with Crippen LogP contribution in [0.15, 0.2) is 24.3 Å². The predicted octanol–water partition coefficient (Wildman–Crippen LogP) is 3.16. The molecule has 6 nitrogen and oxygen atoms in total. The lowest BCUT2D eigenvalue weighted by Gasteiger charge is -2.18. The number of hydrogen-bond donors (Lipinski definition) is 3. The predicted molar refractivity (Wildman–Crippen MR) is 107 cm³/mol. The number of carbonyl (C=O) groups excluding carboxylic acids is 3. The molecule has 30 heavy (non-hydrogen) atoms. The maximum atomic E-state index is 12.8. The number of rotatable bonds is 11. The molecule has 3 amide bonds. The van der Waals surface area contributed by atoms with E-state index in [1.165, 1.54) is 19.1 Å². The fourth-order valence-electron chi connectivity index (χ4n) is 2.73. The van der Waals surface area contributed by atoms with Crippen LogP contribution in [-0.2, 0) is 27.1 Å². The molecule has 2 unspecified atom stereocenters. The van der Waals surface area contributed by atoms with Crippen LogP contribution in [0, 0.1) is 5.92 Å². The minimum atomic E-state index is -4.46. The van der Waals surface area contributed by atoms with E-state index in [0.717, 1.165) is 18.6 Å². The highest BCUT2D eigenvalue weighted by atomic mass is 19.4. The summed E-state index contributed by atoms with van der Waals surface area (Å²) in [5.41, 5.74) is -0.473. The number of hydrogen-bond acceptors (Lipinski definition) is 3. The lowest BCUT2D eigenvalue weighted by Crippen LogP contribution is -2.45. The quantitative estimate of drug-likeness (QED) is 0.472. The van der Waals surface area contributed by atoms with Crippen LogP contribution in [0.3, 0.4) is 0 Å². The van der Waals surface area contributed by atoms with Gasteiger partial charge in [-0.2, -0.15) is 13.2 Å². The maximum Gasteiger partial charge on any atom is 0.416 e. The fourth-order valence-corrected chi connectivity index (χ4v) is 2.73. The van der Waals surface area contributed by atoms with Crippen LogP contribution in [0.2, 0.25) is 0 Å². The Balaban J connectivity index is 2.53. The number of carbonyl (C=O) groups is 3. The molecular weight excluding hydrogens is 399 g/mol. The summed E-state index contributed by atoms with van der Waals surface area (Å²) in [6.07, 6.45) is -2.12. The van der Waals surface area contributed by atoms with Gasteiger partial charge in [-0.1, -0.05) is 26.0 Å². The molecule has 0 saturated carbocycles. The van der Waals surface area contributed by atoms with E-state index >= 15 is 0 Å². The summed E-state index contributed by atoms with van der Waals surface area (Å²) < 4.78 is 38.4. The van der Waals surface area contributed by atoms with Gasteiger partial charge < -0.3 is 16.0 Å². The third-order valence-electron chi connectivity index (χ3n) is 4.69. The van der Waals surface area contributed by atoms with Crippen LogP contribution in [0.4, 0.5) is 13.2 Å². The summed E-state index contributed by atoms with van der Waals surface area (Å²) in [6, 6.07) is 3.92. The molecule has 2 atom stereocenters. The number of alkyl halides is 3. The topological polar surface area (TPSA) is 87.3 Å². The minimum absolute atomic E-state index is 0.0188. The first-order valence-electron chi connectivity index (χ1n) is 10.0. The zero-order valence-electron chi connectivity index (χ0n) is 17.6. The first-order valence-corrected chi connectivity index (χ1v) is 10.0. The molecule has 0 saturated heterocycles. The molecular formula is C21H30F3N3O3. The zero-order valence-corrected chi connectivity index (χ0v) is 17.6. The molecule has 0 aromatic heterocycles. The zero-order chi connectivity index (χ0) is 22.7. The molecule has 0 aliphatic heterocycles. The van der Waals surface area contributed by atoms with Crippen molar-refractivity contribution < 1.29 is 27.6 Å². The van der Waals surface area contributed by atoms with E-state index in [4.69, 9.17) is 0 Å². The highest BCUT2D eigenvalue weighted by molar-refractivity contribution is 5.86. The van der Waals surface area contributed by atoms with Crippen molar-refractivity contribution in [2.45, 2.75) is 65.2 Å². The van der Waals surface area contributed by atoms with Gasteiger partial charge in [-0.3, -0.25) is 14.4 Å². The molecule has 0 heterocycles. The Bertz CT molecular complexity index is 723. The van der Waals surface area contributed by atoms with Crippen LogP contribution >= 0.6 is 0 Å². The van der Waals surface area contributed by atoms with Gasteiger partial charge >= 0.3 is 6.18 Å². The van der Waals surface area contributed by atoms with Gasteiger partial charge in [-0.25, -0.2) is 0 Å². The third kappa shape index (κ3) is 9.28. The fraction of sp³-hybridized carbons (Fsp3) is 0.571. The first-order chi connectivity index (χ1) is 14.0. The molecule has 1 aromatic rings. The first kappa shape index (κ1) is 25.5. The van der Waals surface area contributed by atoms with Gasteiger partial charge in [0.2, 0.25) is 17.7 Å². The van der Waals surface area contributed by atoms with Crippen molar-refractivity contribution in [1.82, 2.24) is 16.0 Å².